The maximum atomic E-state index is 13.1. The Kier molecular flexibility index (Phi) is 6.93. The monoisotopic (exact) mass is 380 g/mol. The van der Waals surface area contributed by atoms with Gasteiger partial charge in [0.1, 0.15) is 5.56 Å². The molecule has 0 bridgehead atoms. The van der Waals surface area contributed by atoms with E-state index in [-0.39, 0.29) is 30.3 Å². The van der Waals surface area contributed by atoms with Gasteiger partial charge in [0.15, 0.2) is 5.65 Å². The standard InChI is InChI=1S/C17H24N6O2.ClH/c1-12-6-9-23-16(21-12)14(11-20-23)17(25)22-8-3-2-4-13(22)10-19-15(24)5-7-18;/h6,9,11,13H,2-5,7-8,10,18H2,1H3,(H,19,24);1H. The lowest BCUT2D eigenvalue weighted by Gasteiger charge is -2.35. The molecule has 1 saturated heterocycles. The van der Waals surface area contributed by atoms with Crippen molar-refractivity contribution in [2.45, 2.75) is 38.6 Å². The van der Waals surface area contributed by atoms with Crippen LogP contribution < -0.4 is 11.1 Å². The molecule has 9 heteroatoms. The molecule has 0 saturated carbocycles. The highest BCUT2D eigenvalue weighted by Gasteiger charge is 2.29. The highest BCUT2D eigenvalue weighted by Crippen LogP contribution is 2.21. The molecule has 0 radical (unpaired) electrons. The Bertz CT molecular complexity index is 778. The zero-order valence-corrected chi connectivity index (χ0v) is 15.7. The number of halogens is 1. The molecular weight excluding hydrogens is 356 g/mol. The predicted octanol–water partition coefficient (Wildman–Crippen LogP) is 0.919. The normalized spacial score (nSPS) is 17.0. The minimum Gasteiger partial charge on any atom is -0.354 e. The van der Waals surface area contributed by atoms with Crippen molar-refractivity contribution in [3.05, 3.63) is 29.7 Å². The lowest BCUT2D eigenvalue weighted by Crippen LogP contribution is -2.49. The van der Waals surface area contributed by atoms with Gasteiger partial charge in [-0.05, 0) is 32.3 Å². The molecule has 0 aromatic carbocycles. The van der Waals surface area contributed by atoms with Gasteiger partial charge in [-0.1, -0.05) is 0 Å². The van der Waals surface area contributed by atoms with Crippen molar-refractivity contribution in [1.29, 1.82) is 0 Å². The van der Waals surface area contributed by atoms with E-state index in [9.17, 15) is 9.59 Å². The number of rotatable bonds is 5. The van der Waals surface area contributed by atoms with Crippen LogP contribution in [0.2, 0.25) is 0 Å². The second kappa shape index (κ2) is 8.95. The van der Waals surface area contributed by atoms with Gasteiger partial charge in [-0.2, -0.15) is 5.10 Å². The molecule has 0 aliphatic carbocycles. The number of carbonyl (C=O) groups excluding carboxylic acids is 2. The van der Waals surface area contributed by atoms with Crippen LogP contribution >= 0.6 is 12.4 Å². The van der Waals surface area contributed by atoms with Crippen molar-refractivity contribution in [3.8, 4) is 0 Å². The number of carbonyl (C=O) groups is 2. The number of nitrogens with zero attached hydrogens (tertiary/aromatic N) is 4. The predicted molar refractivity (Wildman–Crippen MR) is 100 cm³/mol. The van der Waals surface area contributed by atoms with E-state index in [2.05, 4.69) is 15.4 Å². The number of aromatic nitrogens is 3. The number of hydrogen-bond donors (Lipinski definition) is 2. The lowest BCUT2D eigenvalue weighted by atomic mass is 10.0. The summed E-state index contributed by atoms with van der Waals surface area (Å²) in [5.74, 6) is -0.153. The molecule has 2 aromatic rings. The Balaban J connectivity index is 0.00000243. The van der Waals surface area contributed by atoms with Crippen LogP contribution in [0.3, 0.4) is 0 Å². The Labute approximate surface area is 158 Å². The van der Waals surface area contributed by atoms with E-state index in [1.807, 2.05) is 17.9 Å². The Morgan fingerprint density at radius 2 is 2.19 bits per heavy atom. The fourth-order valence-corrected chi connectivity index (χ4v) is 3.20. The first-order chi connectivity index (χ1) is 12.1. The van der Waals surface area contributed by atoms with Gasteiger partial charge in [-0.3, -0.25) is 9.59 Å². The van der Waals surface area contributed by atoms with E-state index in [4.69, 9.17) is 5.73 Å². The fourth-order valence-electron chi connectivity index (χ4n) is 3.20. The maximum absolute atomic E-state index is 13.1. The molecule has 8 nitrogen and oxygen atoms in total. The van der Waals surface area contributed by atoms with Crippen molar-refractivity contribution in [2.75, 3.05) is 19.6 Å². The molecule has 1 atom stereocenters. The number of amides is 2. The number of piperidine rings is 1. The molecule has 2 amide bonds. The Morgan fingerprint density at radius 3 is 2.96 bits per heavy atom. The van der Waals surface area contributed by atoms with Gasteiger partial charge in [-0.15, -0.1) is 12.4 Å². The Hall–Kier alpha value is -2.19. The lowest BCUT2D eigenvalue weighted by molar-refractivity contribution is -0.121. The van der Waals surface area contributed by atoms with Crippen LogP contribution in [0.1, 0.15) is 41.7 Å². The number of nitrogens with one attached hydrogen (secondary N) is 1. The van der Waals surface area contributed by atoms with Crippen molar-refractivity contribution in [1.82, 2.24) is 24.8 Å². The van der Waals surface area contributed by atoms with Crippen LogP contribution in [0.4, 0.5) is 0 Å². The van der Waals surface area contributed by atoms with Crippen molar-refractivity contribution in [2.24, 2.45) is 5.73 Å². The number of aryl methyl sites for hydroxylation is 1. The van der Waals surface area contributed by atoms with Gasteiger partial charge in [0, 0.05) is 44.0 Å². The molecule has 3 N–H and O–H groups in total. The van der Waals surface area contributed by atoms with E-state index in [0.717, 1.165) is 25.0 Å². The van der Waals surface area contributed by atoms with Crippen LogP contribution in [0.25, 0.3) is 5.65 Å². The third-order valence-corrected chi connectivity index (χ3v) is 4.53. The molecule has 1 fully saturated rings. The van der Waals surface area contributed by atoms with Gasteiger partial charge >= 0.3 is 0 Å². The van der Waals surface area contributed by atoms with Gasteiger partial charge in [-0.25, -0.2) is 9.50 Å². The molecule has 2 aromatic heterocycles. The molecule has 1 aliphatic rings. The van der Waals surface area contributed by atoms with Crippen LogP contribution in [0, 0.1) is 6.92 Å². The Morgan fingerprint density at radius 1 is 1.38 bits per heavy atom. The van der Waals surface area contributed by atoms with Crippen molar-refractivity contribution in [3.63, 3.8) is 0 Å². The minimum atomic E-state index is -0.0779. The van der Waals surface area contributed by atoms with Crippen LogP contribution in [0.5, 0.6) is 0 Å². The summed E-state index contributed by atoms with van der Waals surface area (Å²) in [5, 5.41) is 7.10. The van der Waals surface area contributed by atoms with Crippen LogP contribution in [-0.2, 0) is 4.79 Å². The first kappa shape index (κ1) is 20.1. The summed E-state index contributed by atoms with van der Waals surface area (Å²) in [6, 6.07) is 1.84. The summed E-state index contributed by atoms with van der Waals surface area (Å²) in [6.07, 6.45) is 6.56. The number of fused-ring (bicyclic) bond motifs is 1. The first-order valence-electron chi connectivity index (χ1n) is 8.69. The SMILES string of the molecule is Cc1ccn2ncc(C(=O)N3CCCCC3CNC(=O)CCN)c2n1.Cl. The quantitative estimate of drug-likeness (QED) is 0.802. The van der Waals surface area contributed by atoms with Crippen molar-refractivity contribution < 1.29 is 9.59 Å². The van der Waals surface area contributed by atoms with E-state index in [1.165, 1.54) is 0 Å². The summed E-state index contributed by atoms with van der Waals surface area (Å²) in [6.45, 7) is 3.35. The molecular formula is C17H25ClN6O2. The average molecular weight is 381 g/mol. The van der Waals surface area contributed by atoms with E-state index in [0.29, 0.717) is 37.3 Å². The fraction of sp³-hybridized carbons (Fsp3) is 0.529. The van der Waals surface area contributed by atoms with Crippen LogP contribution in [-0.4, -0.2) is 57.0 Å². The molecule has 1 aliphatic heterocycles. The third-order valence-electron chi connectivity index (χ3n) is 4.53. The van der Waals surface area contributed by atoms with Gasteiger partial charge in [0.2, 0.25) is 5.91 Å². The van der Waals surface area contributed by atoms with Gasteiger partial charge in [0.05, 0.1) is 6.20 Å². The van der Waals surface area contributed by atoms with Gasteiger partial charge < -0.3 is 16.0 Å². The largest absolute Gasteiger partial charge is 0.354 e. The van der Waals surface area contributed by atoms with Crippen molar-refractivity contribution >= 4 is 29.9 Å². The summed E-state index contributed by atoms with van der Waals surface area (Å²) < 4.78 is 1.61. The first-order valence-corrected chi connectivity index (χ1v) is 8.69. The summed E-state index contributed by atoms with van der Waals surface area (Å²) in [7, 11) is 0. The van der Waals surface area contributed by atoms with E-state index in [1.54, 1.807) is 16.9 Å². The van der Waals surface area contributed by atoms with Gasteiger partial charge in [0.25, 0.3) is 5.91 Å². The summed E-state index contributed by atoms with van der Waals surface area (Å²) in [5.41, 5.74) is 7.31. The third kappa shape index (κ3) is 4.31. The molecule has 3 heterocycles. The summed E-state index contributed by atoms with van der Waals surface area (Å²) >= 11 is 0. The summed E-state index contributed by atoms with van der Waals surface area (Å²) in [4.78, 5) is 31.0. The smallest absolute Gasteiger partial charge is 0.259 e. The molecule has 1 unspecified atom stereocenters. The molecule has 26 heavy (non-hydrogen) atoms. The minimum absolute atomic E-state index is 0. The zero-order valence-electron chi connectivity index (χ0n) is 14.9. The second-order valence-electron chi connectivity index (χ2n) is 6.39. The highest BCUT2D eigenvalue weighted by atomic mass is 35.5. The zero-order chi connectivity index (χ0) is 17.8. The molecule has 3 rings (SSSR count). The topological polar surface area (TPSA) is 106 Å². The molecule has 0 spiro atoms. The maximum Gasteiger partial charge on any atom is 0.259 e. The molecule has 142 valence electrons. The van der Waals surface area contributed by atoms with E-state index < -0.39 is 0 Å². The second-order valence-corrected chi connectivity index (χ2v) is 6.39. The number of nitrogens with two attached hydrogens (primary N) is 1. The van der Waals surface area contributed by atoms with Crippen LogP contribution in [0.15, 0.2) is 18.5 Å². The number of hydrogen-bond acceptors (Lipinski definition) is 5. The van der Waals surface area contributed by atoms with E-state index >= 15 is 0 Å². The average Bonchev–Trinajstić information content (AvgIpc) is 3.03. The number of likely N-dealkylation sites (tertiary alicyclic amines) is 1. The highest BCUT2D eigenvalue weighted by molar-refractivity contribution is 5.99.